The Morgan fingerprint density at radius 1 is 1.09 bits per heavy atom. The molecule has 0 saturated carbocycles. The van der Waals surface area contributed by atoms with Gasteiger partial charge in [0.05, 0.1) is 11.9 Å². The quantitative estimate of drug-likeness (QED) is 0.512. The molecule has 10 heteroatoms. The molecule has 1 atom stereocenters. The maximum atomic E-state index is 13.4. The first kappa shape index (κ1) is 26.3. The van der Waals surface area contributed by atoms with Gasteiger partial charge in [0, 0.05) is 23.7 Å². The van der Waals surface area contributed by atoms with E-state index in [1.807, 2.05) is 0 Å². The van der Waals surface area contributed by atoms with Crippen LogP contribution in [0.5, 0.6) is 0 Å². The lowest BCUT2D eigenvalue weighted by Crippen LogP contribution is -2.51. The number of Topliss-reactive ketones (excluding diaryl/α,β-unsaturated/α-hetero) is 1. The maximum Gasteiger partial charge on any atom is 0.244 e. The molecule has 0 heterocycles. The van der Waals surface area contributed by atoms with Gasteiger partial charge in [-0.1, -0.05) is 35.9 Å². The predicted molar refractivity (Wildman–Crippen MR) is 129 cm³/mol. The number of sulfonamides is 1. The van der Waals surface area contributed by atoms with Gasteiger partial charge in [0.2, 0.25) is 21.8 Å². The summed E-state index contributed by atoms with van der Waals surface area (Å²) in [5.41, 5.74) is 1.24. The van der Waals surface area contributed by atoms with Crippen molar-refractivity contribution in [3.8, 4) is 0 Å². The second kappa shape index (κ2) is 11.3. The molecule has 0 saturated heterocycles. The lowest BCUT2D eigenvalue weighted by molar-refractivity contribution is -0.139. The van der Waals surface area contributed by atoms with Crippen molar-refractivity contribution in [1.82, 2.24) is 10.2 Å². The Labute approximate surface area is 199 Å². The van der Waals surface area contributed by atoms with Gasteiger partial charge in [0.25, 0.3) is 0 Å². The van der Waals surface area contributed by atoms with Crippen molar-refractivity contribution in [2.24, 2.45) is 0 Å². The molecule has 0 aromatic heterocycles. The lowest BCUT2D eigenvalue weighted by Gasteiger charge is -2.31. The van der Waals surface area contributed by atoms with E-state index in [0.717, 1.165) is 16.1 Å². The highest BCUT2D eigenvalue weighted by atomic mass is 35.5. The third kappa shape index (κ3) is 7.30. The molecule has 0 aliphatic heterocycles. The molecule has 2 amide bonds. The Balaban J connectivity index is 2.41. The molecule has 0 bridgehead atoms. The summed E-state index contributed by atoms with van der Waals surface area (Å²) in [4.78, 5) is 38.9. The van der Waals surface area contributed by atoms with E-state index in [1.54, 1.807) is 50.2 Å². The number of likely N-dealkylation sites (N-methyl/N-ethyl adjacent to an activating group) is 1. The molecule has 0 aliphatic carbocycles. The highest BCUT2D eigenvalue weighted by Gasteiger charge is 2.30. The summed E-state index contributed by atoms with van der Waals surface area (Å²) in [7, 11) is -3.87. The van der Waals surface area contributed by atoms with Gasteiger partial charge in [-0.15, -0.1) is 0 Å². The zero-order valence-corrected chi connectivity index (χ0v) is 20.6. The van der Waals surface area contributed by atoms with Gasteiger partial charge in [-0.05, 0) is 50.6 Å². The Bertz CT molecular complexity index is 1120. The van der Waals surface area contributed by atoms with Crippen LogP contribution in [0.3, 0.4) is 0 Å². The van der Waals surface area contributed by atoms with Gasteiger partial charge in [-0.25, -0.2) is 8.42 Å². The third-order valence-electron chi connectivity index (χ3n) is 5.00. The summed E-state index contributed by atoms with van der Waals surface area (Å²) in [5, 5.41) is 3.22. The van der Waals surface area contributed by atoms with E-state index < -0.39 is 28.5 Å². The number of nitrogens with zero attached hydrogens (tertiary/aromatic N) is 2. The zero-order valence-electron chi connectivity index (χ0n) is 19.0. The highest BCUT2D eigenvalue weighted by molar-refractivity contribution is 7.92. The average Bonchev–Trinajstić information content (AvgIpc) is 2.75. The van der Waals surface area contributed by atoms with Crippen molar-refractivity contribution in [2.45, 2.75) is 33.4 Å². The van der Waals surface area contributed by atoms with E-state index in [0.29, 0.717) is 17.1 Å². The summed E-state index contributed by atoms with van der Waals surface area (Å²) >= 11 is 5.94. The first-order valence-electron chi connectivity index (χ1n) is 10.3. The van der Waals surface area contributed by atoms with Crippen LogP contribution in [0.15, 0.2) is 48.5 Å². The molecular weight excluding hydrogens is 466 g/mol. The lowest BCUT2D eigenvalue weighted by atomic mass is 10.1. The standard InChI is InChI=1S/C23H28ClN3O5S/c1-5-25-23(30)16(2)26(14-18-9-11-20(24)12-10-18)22(29)15-27(33(4,31)32)21-8-6-7-19(13-21)17(3)28/h6-13,16H,5,14-15H2,1-4H3,(H,25,30)/t16-/m1/s1. The second-order valence-electron chi connectivity index (χ2n) is 7.59. The molecule has 8 nitrogen and oxygen atoms in total. The number of hydrogen-bond acceptors (Lipinski definition) is 5. The van der Waals surface area contributed by atoms with Crippen LogP contribution < -0.4 is 9.62 Å². The van der Waals surface area contributed by atoms with Crippen molar-refractivity contribution >= 4 is 44.9 Å². The van der Waals surface area contributed by atoms with E-state index in [1.165, 1.54) is 24.0 Å². The monoisotopic (exact) mass is 493 g/mol. The minimum atomic E-state index is -3.87. The summed E-state index contributed by atoms with van der Waals surface area (Å²) in [6.45, 7) is 4.66. The number of hydrogen-bond donors (Lipinski definition) is 1. The average molecular weight is 494 g/mol. The summed E-state index contributed by atoms with van der Waals surface area (Å²) in [6, 6.07) is 12.0. The fraction of sp³-hybridized carbons (Fsp3) is 0.348. The molecule has 2 aromatic rings. The number of benzene rings is 2. The van der Waals surface area contributed by atoms with Crippen molar-refractivity contribution in [3.63, 3.8) is 0 Å². The molecular formula is C23H28ClN3O5S. The fourth-order valence-electron chi connectivity index (χ4n) is 3.18. The van der Waals surface area contributed by atoms with Crippen LogP contribution in [0.2, 0.25) is 5.02 Å². The summed E-state index contributed by atoms with van der Waals surface area (Å²) in [6.07, 6.45) is 0.984. The first-order chi connectivity index (χ1) is 15.4. The molecule has 2 aromatic carbocycles. The van der Waals surface area contributed by atoms with Gasteiger partial charge in [0.1, 0.15) is 12.6 Å². The maximum absolute atomic E-state index is 13.4. The SMILES string of the molecule is CCNC(=O)[C@@H](C)N(Cc1ccc(Cl)cc1)C(=O)CN(c1cccc(C(C)=O)c1)S(C)(=O)=O. The summed E-state index contributed by atoms with van der Waals surface area (Å²) < 4.78 is 26.0. The van der Waals surface area contributed by atoms with Crippen molar-refractivity contribution in [1.29, 1.82) is 0 Å². The Morgan fingerprint density at radius 2 is 1.73 bits per heavy atom. The Morgan fingerprint density at radius 3 is 2.27 bits per heavy atom. The van der Waals surface area contributed by atoms with Gasteiger partial charge >= 0.3 is 0 Å². The minimum Gasteiger partial charge on any atom is -0.355 e. The van der Waals surface area contributed by atoms with Crippen LogP contribution in [0.25, 0.3) is 0 Å². The van der Waals surface area contributed by atoms with Crippen LogP contribution in [-0.2, 0) is 26.2 Å². The molecule has 178 valence electrons. The van der Waals surface area contributed by atoms with Crippen molar-refractivity contribution in [3.05, 3.63) is 64.7 Å². The number of amides is 2. The largest absolute Gasteiger partial charge is 0.355 e. The van der Waals surface area contributed by atoms with Gasteiger partial charge in [-0.3, -0.25) is 18.7 Å². The molecule has 0 spiro atoms. The zero-order chi connectivity index (χ0) is 24.8. The van der Waals surface area contributed by atoms with Gasteiger partial charge in [0.15, 0.2) is 5.78 Å². The van der Waals surface area contributed by atoms with E-state index in [-0.39, 0.29) is 23.9 Å². The highest BCUT2D eigenvalue weighted by Crippen LogP contribution is 2.21. The number of nitrogens with one attached hydrogen (secondary N) is 1. The van der Waals surface area contributed by atoms with Gasteiger partial charge < -0.3 is 10.2 Å². The molecule has 0 aliphatic rings. The van der Waals surface area contributed by atoms with Crippen LogP contribution in [0.1, 0.15) is 36.7 Å². The molecule has 1 N–H and O–H groups in total. The summed E-state index contributed by atoms with van der Waals surface area (Å²) in [5.74, 6) is -1.16. The number of halogens is 1. The van der Waals surface area contributed by atoms with Crippen LogP contribution in [0, 0.1) is 0 Å². The van der Waals surface area contributed by atoms with E-state index >= 15 is 0 Å². The number of carbonyl (C=O) groups is 3. The predicted octanol–water partition coefficient (Wildman–Crippen LogP) is 2.86. The molecule has 0 unspecified atom stereocenters. The smallest absolute Gasteiger partial charge is 0.244 e. The molecule has 0 radical (unpaired) electrons. The van der Waals surface area contributed by atoms with Crippen LogP contribution >= 0.6 is 11.6 Å². The number of rotatable bonds is 10. The molecule has 0 fully saturated rings. The Kier molecular flexibility index (Phi) is 9.01. The first-order valence-corrected chi connectivity index (χ1v) is 12.6. The van der Waals surface area contributed by atoms with Crippen molar-refractivity contribution < 1.29 is 22.8 Å². The number of carbonyl (C=O) groups excluding carboxylic acids is 3. The minimum absolute atomic E-state index is 0.0827. The third-order valence-corrected chi connectivity index (χ3v) is 6.40. The van der Waals surface area contributed by atoms with E-state index in [4.69, 9.17) is 11.6 Å². The van der Waals surface area contributed by atoms with Crippen molar-refractivity contribution in [2.75, 3.05) is 23.7 Å². The van der Waals surface area contributed by atoms with Gasteiger partial charge in [-0.2, -0.15) is 0 Å². The normalized spacial score (nSPS) is 12.0. The number of anilines is 1. The van der Waals surface area contributed by atoms with E-state index in [2.05, 4.69) is 5.32 Å². The molecule has 33 heavy (non-hydrogen) atoms. The topological polar surface area (TPSA) is 104 Å². The van der Waals surface area contributed by atoms with Crippen LogP contribution in [0.4, 0.5) is 5.69 Å². The Hall–Kier alpha value is -2.91. The molecule has 2 rings (SSSR count). The van der Waals surface area contributed by atoms with E-state index in [9.17, 15) is 22.8 Å². The number of ketones is 1. The van der Waals surface area contributed by atoms with Crippen LogP contribution in [-0.4, -0.2) is 56.3 Å². The second-order valence-corrected chi connectivity index (χ2v) is 9.94. The fourth-order valence-corrected chi connectivity index (χ4v) is 4.15.